The van der Waals surface area contributed by atoms with Gasteiger partial charge in [-0.15, -0.1) is 0 Å². The molecule has 5 heteroatoms. The first-order valence-electron chi connectivity index (χ1n) is 6.69. The first kappa shape index (κ1) is 16.5. The second-order valence-corrected chi connectivity index (χ2v) is 5.56. The second kappa shape index (κ2) is 6.72. The molecule has 0 aromatic heterocycles. The summed E-state index contributed by atoms with van der Waals surface area (Å²) in [5, 5.41) is 0. The highest BCUT2D eigenvalue weighted by atomic mass is 16.5. The molecule has 1 aromatic carbocycles. The Morgan fingerprint density at radius 1 is 1.45 bits per heavy atom. The first-order valence-corrected chi connectivity index (χ1v) is 6.69. The number of para-hydroxylation sites is 1. The van der Waals surface area contributed by atoms with E-state index in [1.165, 1.54) is 0 Å². The number of ether oxygens (including phenoxy) is 1. The molecule has 4 N–H and O–H groups in total. The van der Waals surface area contributed by atoms with E-state index in [1.807, 2.05) is 36.2 Å². The lowest BCUT2D eigenvalue weighted by Crippen LogP contribution is -2.57. The second-order valence-electron chi connectivity index (χ2n) is 5.56. The Bertz CT molecular complexity index is 460. The average Bonchev–Trinajstić information content (AvgIpc) is 2.38. The predicted molar refractivity (Wildman–Crippen MR) is 80.6 cm³/mol. The molecule has 1 amide bonds. The molecule has 5 nitrogen and oxygen atoms in total. The number of methoxy groups -OCH3 is 1. The third-order valence-electron chi connectivity index (χ3n) is 3.60. The van der Waals surface area contributed by atoms with Crippen LogP contribution in [0.5, 0.6) is 5.75 Å². The van der Waals surface area contributed by atoms with Crippen LogP contribution in [0, 0.1) is 0 Å². The molecule has 2 unspecified atom stereocenters. The number of hydrogen-bond donors (Lipinski definition) is 2. The van der Waals surface area contributed by atoms with Gasteiger partial charge in [-0.05, 0) is 38.9 Å². The minimum absolute atomic E-state index is 0.216. The van der Waals surface area contributed by atoms with Gasteiger partial charge < -0.3 is 21.1 Å². The number of nitrogens with zero attached hydrogens (tertiary/aromatic N) is 1. The normalized spacial score (nSPS) is 15.7. The predicted octanol–water partition coefficient (Wildman–Crippen LogP) is 0.761. The number of carbonyl (C=O) groups excluding carboxylic acids is 1. The summed E-state index contributed by atoms with van der Waals surface area (Å²) in [4.78, 5) is 13.3. The van der Waals surface area contributed by atoms with E-state index in [2.05, 4.69) is 6.92 Å². The number of carbonyl (C=O) groups is 1. The van der Waals surface area contributed by atoms with Crippen LogP contribution < -0.4 is 16.2 Å². The summed E-state index contributed by atoms with van der Waals surface area (Å²) >= 11 is 0. The molecule has 1 aromatic rings. The summed E-state index contributed by atoms with van der Waals surface area (Å²) in [5.74, 6) is 0.381. The molecule has 0 spiro atoms. The molecule has 2 atom stereocenters. The molecule has 0 aliphatic heterocycles. The lowest BCUT2D eigenvalue weighted by Gasteiger charge is -2.31. The van der Waals surface area contributed by atoms with Gasteiger partial charge in [0, 0.05) is 12.6 Å². The molecule has 1 rings (SSSR count). The van der Waals surface area contributed by atoms with Gasteiger partial charge in [0.15, 0.2) is 0 Å². The summed E-state index contributed by atoms with van der Waals surface area (Å²) in [6.45, 7) is 4.16. The molecule has 0 fully saturated rings. The van der Waals surface area contributed by atoms with Gasteiger partial charge in [0.05, 0.1) is 7.11 Å². The molecule has 0 heterocycles. The van der Waals surface area contributed by atoms with E-state index in [0.717, 1.165) is 17.7 Å². The van der Waals surface area contributed by atoms with Crippen LogP contribution in [-0.2, 0) is 11.2 Å². The van der Waals surface area contributed by atoms with Crippen LogP contribution in [0.15, 0.2) is 24.3 Å². The summed E-state index contributed by atoms with van der Waals surface area (Å²) in [6.07, 6.45) is 0.815. The van der Waals surface area contributed by atoms with Gasteiger partial charge in [0.2, 0.25) is 5.91 Å². The van der Waals surface area contributed by atoms with Crippen LogP contribution in [0.1, 0.15) is 19.4 Å². The number of benzene rings is 1. The number of rotatable bonds is 7. The molecule has 0 aliphatic rings. The van der Waals surface area contributed by atoms with Crippen molar-refractivity contribution in [3.63, 3.8) is 0 Å². The highest BCUT2D eigenvalue weighted by molar-refractivity contribution is 5.84. The van der Waals surface area contributed by atoms with Crippen molar-refractivity contribution < 1.29 is 9.53 Å². The van der Waals surface area contributed by atoms with Crippen molar-refractivity contribution in [2.75, 3.05) is 20.7 Å². The van der Waals surface area contributed by atoms with Crippen molar-refractivity contribution in [2.24, 2.45) is 11.5 Å². The molecule has 0 saturated heterocycles. The Kier molecular flexibility index (Phi) is 5.53. The third-order valence-corrected chi connectivity index (χ3v) is 3.60. The van der Waals surface area contributed by atoms with E-state index in [1.54, 1.807) is 14.0 Å². The van der Waals surface area contributed by atoms with Crippen LogP contribution in [-0.4, -0.2) is 43.1 Å². The van der Waals surface area contributed by atoms with Crippen LogP contribution >= 0.6 is 0 Å². The Morgan fingerprint density at radius 3 is 2.60 bits per heavy atom. The van der Waals surface area contributed by atoms with Gasteiger partial charge in [-0.2, -0.15) is 0 Å². The molecule has 0 radical (unpaired) electrons. The van der Waals surface area contributed by atoms with E-state index in [0.29, 0.717) is 6.54 Å². The minimum atomic E-state index is -1.02. The molecule has 112 valence electrons. The average molecular weight is 279 g/mol. The summed E-state index contributed by atoms with van der Waals surface area (Å²) in [5.41, 5.74) is 11.3. The number of amides is 1. The molecular formula is C15H25N3O2. The number of primary amides is 1. The highest BCUT2D eigenvalue weighted by Crippen LogP contribution is 2.20. The number of likely N-dealkylation sites (N-methyl/N-ethyl adjacent to an activating group) is 1. The summed E-state index contributed by atoms with van der Waals surface area (Å²) in [6, 6.07) is 8.13. The van der Waals surface area contributed by atoms with Crippen molar-refractivity contribution in [1.82, 2.24) is 4.90 Å². The molecular weight excluding hydrogens is 254 g/mol. The minimum Gasteiger partial charge on any atom is -0.496 e. The number of nitrogens with two attached hydrogens (primary N) is 2. The zero-order valence-electron chi connectivity index (χ0n) is 12.7. The monoisotopic (exact) mass is 279 g/mol. The lowest BCUT2D eigenvalue weighted by atomic mass is 10.00. The van der Waals surface area contributed by atoms with Gasteiger partial charge in [0.25, 0.3) is 0 Å². The van der Waals surface area contributed by atoms with Crippen LogP contribution in [0.3, 0.4) is 0 Å². The van der Waals surface area contributed by atoms with Crippen LogP contribution in [0.4, 0.5) is 0 Å². The van der Waals surface area contributed by atoms with E-state index in [4.69, 9.17) is 16.2 Å². The Morgan fingerprint density at radius 2 is 2.05 bits per heavy atom. The molecule has 0 saturated carbocycles. The van der Waals surface area contributed by atoms with E-state index in [9.17, 15) is 4.79 Å². The Labute approximate surface area is 120 Å². The maximum absolute atomic E-state index is 11.3. The van der Waals surface area contributed by atoms with Crippen LogP contribution in [0.2, 0.25) is 0 Å². The zero-order valence-corrected chi connectivity index (χ0v) is 12.7. The van der Waals surface area contributed by atoms with Crippen molar-refractivity contribution in [3.05, 3.63) is 29.8 Å². The highest BCUT2D eigenvalue weighted by Gasteiger charge is 2.28. The summed E-state index contributed by atoms with van der Waals surface area (Å²) < 4.78 is 5.35. The lowest BCUT2D eigenvalue weighted by molar-refractivity contribution is -0.123. The SMILES string of the molecule is COc1ccccc1CC(C)N(C)CC(C)(N)C(N)=O. The molecule has 20 heavy (non-hydrogen) atoms. The van der Waals surface area contributed by atoms with E-state index >= 15 is 0 Å². The van der Waals surface area contributed by atoms with E-state index in [-0.39, 0.29) is 6.04 Å². The first-order chi connectivity index (χ1) is 9.27. The largest absolute Gasteiger partial charge is 0.496 e. The van der Waals surface area contributed by atoms with Gasteiger partial charge in [-0.1, -0.05) is 18.2 Å². The zero-order chi connectivity index (χ0) is 15.3. The maximum Gasteiger partial charge on any atom is 0.238 e. The fraction of sp³-hybridized carbons (Fsp3) is 0.533. The van der Waals surface area contributed by atoms with Crippen molar-refractivity contribution in [1.29, 1.82) is 0 Å². The quantitative estimate of drug-likeness (QED) is 0.772. The van der Waals surface area contributed by atoms with Gasteiger partial charge in [-0.3, -0.25) is 4.79 Å². The maximum atomic E-state index is 11.3. The Balaban J connectivity index is 2.71. The summed E-state index contributed by atoms with van der Waals surface area (Å²) in [7, 11) is 3.60. The third kappa shape index (κ3) is 4.21. The fourth-order valence-corrected chi connectivity index (χ4v) is 2.10. The van der Waals surface area contributed by atoms with Gasteiger partial charge >= 0.3 is 0 Å². The Hall–Kier alpha value is -1.59. The fourth-order valence-electron chi connectivity index (χ4n) is 2.10. The smallest absolute Gasteiger partial charge is 0.238 e. The van der Waals surface area contributed by atoms with Crippen molar-refractivity contribution in [3.8, 4) is 5.75 Å². The molecule has 0 bridgehead atoms. The molecule has 0 aliphatic carbocycles. The van der Waals surface area contributed by atoms with E-state index < -0.39 is 11.4 Å². The number of hydrogen-bond acceptors (Lipinski definition) is 4. The van der Waals surface area contributed by atoms with Gasteiger partial charge in [-0.25, -0.2) is 0 Å². The van der Waals surface area contributed by atoms with Gasteiger partial charge in [0.1, 0.15) is 11.3 Å². The van der Waals surface area contributed by atoms with Crippen LogP contribution in [0.25, 0.3) is 0 Å². The van der Waals surface area contributed by atoms with Crippen molar-refractivity contribution >= 4 is 5.91 Å². The van der Waals surface area contributed by atoms with Crippen molar-refractivity contribution in [2.45, 2.75) is 31.8 Å². The standard InChI is InChI=1S/C15H25N3O2/c1-11(18(3)10-15(2,17)14(16)19)9-12-7-5-6-8-13(12)20-4/h5-8,11H,9-10,17H2,1-4H3,(H2,16,19). The topological polar surface area (TPSA) is 81.6 Å².